The van der Waals surface area contributed by atoms with Crippen LogP contribution in [0.5, 0.6) is 5.88 Å². The van der Waals surface area contributed by atoms with E-state index in [0.29, 0.717) is 25.6 Å². The Morgan fingerprint density at radius 2 is 2.07 bits per heavy atom. The summed E-state index contributed by atoms with van der Waals surface area (Å²) in [5.74, 6) is 1.26. The van der Waals surface area contributed by atoms with Gasteiger partial charge in [0.15, 0.2) is 0 Å². The van der Waals surface area contributed by atoms with Crippen LogP contribution < -0.4 is 15.0 Å². The summed E-state index contributed by atoms with van der Waals surface area (Å²) >= 11 is 1.76. The second kappa shape index (κ2) is 10.9. The van der Waals surface area contributed by atoms with Crippen molar-refractivity contribution >= 4 is 29.3 Å². The van der Waals surface area contributed by atoms with Gasteiger partial charge in [-0.15, -0.1) is 11.8 Å². The lowest BCUT2D eigenvalue weighted by Gasteiger charge is -2.29. The quantitative estimate of drug-likeness (QED) is 0.633. The van der Waals surface area contributed by atoms with Crippen molar-refractivity contribution < 1.29 is 14.3 Å². The minimum atomic E-state index is -0.151. The Morgan fingerprint density at radius 1 is 1.21 bits per heavy atom. The Morgan fingerprint density at radius 3 is 2.93 bits per heavy atom. The van der Waals surface area contributed by atoms with Crippen molar-refractivity contribution in [2.24, 2.45) is 0 Å². The van der Waals surface area contributed by atoms with Crippen LogP contribution in [-0.4, -0.2) is 35.7 Å². The molecule has 0 radical (unpaired) electrons. The topological polar surface area (TPSA) is 71.5 Å². The Balaban J connectivity index is 1.48. The third kappa shape index (κ3) is 5.97. The second-order valence-corrected chi connectivity index (χ2v) is 7.94. The fourth-order valence-electron chi connectivity index (χ4n) is 3.07. The normalized spacial score (nSPS) is 12.9. The number of carbonyl (C=O) groups excluding carboxylic acids is 2. The number of nitrogens with one attached hydrogen (secondary N) is 1. The zero-order valence-corrected chi connectivity index (χ0v) is 17.5. The molecule has 1 aliphatic rings. The number of fused-ring (bicyclic) bond motifs is 1. The van der Waals surface area contributed by atoms with Gasteiger partial charge in [-0.3, -0.25) is 9.59 Å². The number of aromatic nitrogens is 1. The summed E-state index contributed by atoms with van der Waals surface area (Å²) in [4.78, 5) is 32.1. The van der Waals surface area contributed by atoms with Crippen LogP contribution in [0.25, 0.3) is 0 Å². The van der Waals surface area contributed by atoms with Gasteiger partial charge >= 0.3 is 0 Å². The molecule has 2 heterocycles. The smallest absolute Gasteiger partial charge is 0.227 e. The van der Waals surface area contributed by atoms with E-state index in [-0.39, 0.29) is 24.7 Å². The van der Waals surface area contributed by atoms with E-state index in [4.69, 9.17) is 4.74 Å². The summed E-state index contributed by atoms with van der Waals surface area (Å²) in [5, 5.41) is 2.87. The zero-order valence-electron chi connectivity index (χ0n) is 16.7. The Bertz CT molecular complexity index is 844. The van der Waals surface area contributed by atoms with Gasteiger partial charge in [-0.1, -0.05) is 31.5 Å². The lowest BCUT2D eigenvalue weighted by molar-refractivity contribution is -0.125. The lowest BCUT2D eigenvalue weighted by atomic mass is 10.2. The van der Waals surface area contributed by atoms with Crippen molar-refractivity contribution in [1.82, 2.24) is 10.3 Å². The number of hydrogen-bond donors (Lipinski definition) is 1. The van der Waals surface area contributed by atoms with Crippen LogP contribution >= 0.6 is 11.8 Å². The van der Waals surface area contributed by atoms with Crippen molar-refractivity contribution in [1.29, 1.82) is 0 Å². The molecule has 1 N–H and O–H groups in total. The number of anilines is 1. The molecule has 0 spiro atoms. The summed E-state index contributed by atoms with van der Waals surface area (Å²) in [6, 6.07) is 11.6. The van der Waals surface area contributed by atoms with Gasteiger partial charge in [-0.2, -0.15) is 0 Å². The fraction of sp³-hybridized carbons (Fsp3) is 0.409. The molecular weight excluding hydrogens is 386 g/mol. The molecular formula is C22H27N3O3S. The number of carbonyl (C=O) groups is 2. The highest BCUT2D eigenvalue weighted by Gasteiger charge is 2.22. The van der Waals surface area contributed by atoms with Gasteiger partial charge in [0.2, 0.25) is 17.7 Å². The third-order valence-corrected chi connectivity index (χ3v) is 5.70. The predicted molar refractivity (Wildman–Crippen MR) is 115 cm³/mol. The minimum Gasteiger partial charge on any atom is -0.477 e. The SMILES string of the molecule is CCCCOc1ncccc1CNC(=O)CCC(=O)N1CCSc2ccccc21. The zero-order chi connectivity index (χ0) is 20.5. The van der Waals surface area contributed by atoms with E-state index in [9.17, 15) is 9.59 Å². The number of amides is 2. The maximum absolute atomic E-state index is 12.6. The number of para-hydroxylation sites is 1. The van der Waals surface area contributed by atoms with Crippen LogP contribution in [0.1, 0.15) is 38.2 Å². The predicted octanol–water partition coefficient (Wildman–Crippen LogP) is 3.80. The largest absolute Gasteiger partial charge is 0.477 e. The van der Waals surface area contributed by atoms with E-state index in [1.54, 1.807) is 22.9 Å². The number of rotatable bonds is 9. The minimum absolute atomic E-state index is 0.0159. The van der Waals surface area contributed by atoms with E-state index in [0.717, 1.165) is 34.7 Å². The van der Waals surface area contributed by atoms with E-state index in [1.807, 2.05) is 36.4 Å². The average molecular weight is 414 g/mol. The van der Waals surface area contributed by atoms with Crippen LogP contribution in [-0.2, 0) is 16.1 Å². The number of pyridine rings is 1. The van der Waals surface area contributed by atoms with Crippen molar-refractivity contribution in [3.05, 3.63) is 48.2 Å². The first kappa shape index (κ1) is 21.2. The van der Waals surface area contributed by atoms with Crippen LogP contribution in [0.4, 0.5) is 5.69 Å². The molecule has 0 saturated carbocycles. The molecule has 0 saturated heterocycles. The van der Waals surface area contributed by atoms with E-state index in [1.165, 1.54) is 0 Å². The maximum Gasteiger partial charge on any atom is 0.227 e. The molecule has 0 aliphatic carbocycles. The summed E-state index contributed by atoms with van der Waals surface area (Å²) in [6.45, 7) is 3.73. The van der Waals surface area contributed by atoms with Gasteiger partial charge in [0.05, 0.1) is 12.3 Å². The van der Waals surface area contributed by atoms with Gasteiger partial charge in [0, 0.05) is 48.3 Å². The summed E-state index contributed by atoms with van der Waals surface area (Å²) in [5.41, 5.74) is 1.78. The number of ether oxygens (including phenoxy) is 1. The summed E-state index contributed by atoms with van der Waals surface area (Å²) < 4.78 is 5.70. The Hall–Kier alpha value is -2.54. The molecule has 154 valence electrons. The highest BCUT2D eigenvalue weighted by atomic mass is 32.2. The number of nitrogens with zero attached hydrogens (tertiary/aromatic N) is 2. The van der Waals surface area contributed by atoms with Crippen molar-refractivity contribution in [2.45, 2.75) is 44.0 Å². The first-order chi connectivity index (χ1) is 14.2. The molecule has 0 unspecified atom stereocenters. The molecule has 6 nitrogen and oxygen atoms in total. The van der Waals surface area contributed by atoms with E-state index < -0.39 is 0 Å². The van der Waals surface area contributed by atoms with Crippen LogP contribution in [0, 0.1) is 0 Å². The van der Waals surface area contributed by atoms with Crippen LogP contribution in [0.3, 0.4) is 0 Å². The first-order valence-corrected chi connectivity index (χ1v) is 11.0. The molecule has 1 aromatic heterocycles. The molecule has 29 heavy (non-hydrogen) atoms. The standard InChI is InChI=1S/C22H27N3O3S/c1-2-3-14-28-22-17(7-6-12-23-22)16-24-20(26)10-11-21(27)25-13-15-29-19-9-5-4-8-18(19)25/h4-9,12H,2-3,10-11,13-16H2,1H3,(H,24,26). The summed E-state index contributed by atoms with van der Waals surface area (Å²) in [6.07, 6.45) is 4.05. The monoisotopic (exact) mass is 413 g/mol. The van der Waals surface area contributed by atoms with Crippen LogP contribution in [0.15, 0.2) is 47.5 Å². The Labute approximate surface area is 176 Å². The van der Waals surface area contributed by atoms with Gasteiger partial charge in [-0.25, -0.2) is 4.98 Å². The van der Waals surface area contributed by atoms with E-state index in [2.05, 4.69) is 17.2 Å². The highest BCUT2D eigenvalue weighted by molar-refractivity contribution is 7.99. The number of unbranched alkanes of at least 4 members (excludes halogenated alkanes) is 1. The number of thioether (sulfide) groups is 1. The van der Waals surface area contributed by atoms with Crippen LogP contribution in [0.2, 0.25) is 0 Å². The fourth-order valence-corrected chi connectivity index (χ4v) is 4.06. The average Bonchev–Trinajstić information content (AvgIpc) is 2.76. The molecule has 2 amide bonds. The van der Waals surface area contributed by atoms with Gasteiger partial charge in [0.1, 0.15) is 0 Å². The highest BCUT2D eigenvalue weighted by Crippen LogP contribution is 2.34. The molecule has 1 aliphatic heterocycles. The van der Waals surface area contributed by atoms with Crippen molar-refractivity contribution in [3.8, 4) is 5.88 Å². The van der Waals surface area contributed by atoms with Gasteiger partial charge in [-0.05, 0) is 24.6 Å². The Kier molecular flexibility index (Phi) is 7.93. The lowest BCUT2D eigenvalue weighted by Crippen LogP contribution is -2.36. The maximum atomic E-state index is 12.6. The summed E-state index contributed by atoms with van der Waals surface area (Å²) in [7, 11) is 0. The molecule has 7 heteroatoms. The molecule has 0 fully saturated rings. The number of hydrogen-bond acceptors (Lipinski definition) is 5. The molecule has 1 aromatic carbocycles. The van der Waals surface area contributed by atoms with Crippen molar-refractivity contribution in [3.63, 3.8) is 0 Å². The van der Waals surface area contributed by atoms with Gasteiger partial charge < -0.3 is 15.0 Å². The van der Waals surface area contributed by atoms with Crippen molar-refractivity contribution in [2.75, 3.05) is 23.8 Å². The molecule has 3 rings (SSSR count). The second-order valence-electron chi connectivity index (χ2n) is 6.81. The molecule has 0 bridgehead atoms. The first-order valence-electron chi connectivity index (χ1n) is 10.0. The van der Waals surface area contributed by atoms with E-state index >= 15 is 0 Å². The molecule has 2 aromatic rings. The van der Waals surface area contributed by atoms with Gasteiger partial charge in [0.25, 0.3) is 0 Å². The number of benzene rings is 1. The third-order valence-electron chi connectivity index (χ3n) is 4.66. The molecule has 0 atom stereocenters.